The Morgan fingerprint density at radius 3 is 2.14 bits per heavy atom. The first-order chi connectivity index (χ1) is 10.1. The highest BCUT2D eigenvalue weighted by atomic mass is 16.1. The fourth-order valence-electron chi connectivity index (χ4n) is 2.48. The number of carbonyl (C=O) groups excluding carboxylic acids is 1. The number of Topliss-reactive ketones (excluding diaryl/α,β-unsaturated/α-hetero) is 1. The second kappa shape index (κ2) is 7.07. The number of rotatable bonds is 6. The van der Waals surface area contributed by atoms with Crippen molar-refractivity contribution in [3.05, 3.63) is 65.2 Å². The van der Waals surface area contributed by atoms with E-state index in [0.29, 0.717) is 12.8 Å². The van der Waals surface area contributed by atoms with Crippen molar-refractivity contribution in [3.63, 3.8) is 0 Å². The van der Waals surface area contributed by atoms with Gasteiger partial charge in [0.15, 0.2) is 0 Å². The van der Waals surface area contributed by atoms with Gasteiger partial charge < -0.3 is 5.73 Å². The van der Waals surface area contributed by atoms with Gasteiger partial charge in [0.05, 0.1) is 0 Å². The summed E-state index contributed by atoms with van der Waals surface area (Å²) in [5.41, 5.74) is 10.0. The van der Waals surface area contributed by atoms with E-state index >= 15 is 0 Å². The minimum Gasteiger partial charge on any atom is -0.399 e. The number of carbonyl (C=O) groups is 1. The van der Waals surface area contributed by atoms with Crippen LogP contribution in [0.15, 0.2) is 48.5 Å². The highest BCUT2D eigenvalue weighted by molar-refractivity contribution is 5.81. The zero-order valence-corrected chi connectivity index (χ0v) is 12.8. The Kier molecular flexibility index (Phi) is 5.15. The minimum absolute atomic E-state index is 0.230. The summed E-state index contributed by atoms with van der Waals surface area (Å²) in [6.07, 6.45) is 2.12. The molecular weight excluding hydrogens is 258 g/mol. The first kappa shape index (κ1) is 15.3. The van der Waals surface area contributed by atoms with Gasteiger partial charge in [-0.1, -0.05) is 50.2 Å². The lowest BCUT2D eigenvalue weighted by molar-refractivity contribution is -0.118. The zero-order valence-electron chi connectivity index (χ0n) is 12.8. The molecule has 0 radical (unpaired) electrons. The monoisotopic (exact) mass is 281 g/mol. The van der Waals surface area contributed by atoms with Gasteiger partial charge in [-0.2, -0.15) is 0 Å². The van der Waals surface area contributed by atoms with E-state index in [1.807, 2.05) is 24.3 Å². The van der Waals surface area contributed by atoms with Crippen molar-refractivity contribution in [2.45, 2.75) is 39.0 Å². The van der Waals surface area contributed by atoms with E-state index in [1.54, 1.807) is 0 Å². The summed E-state index contributed by atoms with van der Waals surface area (Å²) >= 11 is 0. The van der Waals surface area contributed by atoms with E-state index in [1.165, 1.54) is 11.1 Å². The molecule has 0 aliphatic rings. The first-order valence-corrected chi connectivity index (χ1v) is 7.53. The molecular formula is C19H23NO. The Balaban J connectivity index is 1.92. The van der Waals surface area contributed by atoms with Gasteiger partial charge in [-0.25, -0.2) is 0 Å². The number of hydrogen-bond donors (Lipinski definition) is 1. The molecule has 0 spiro atoms. The van der Waals surface area contributed by atoms with Crippen molar-refractivity contribution >= 4 is 11.5 Å². The average molecular weight is 281 g/mol. The topological polar surface area (TPSA) is 43.1 Å². The molecule has 1 unspecified atom stereocenters. The maximum atomic E-state index is 12.2. The fourth-order valence-corrected chi connectivity index (χ4v) is 2.48. The van der Waals surface area contributed by atoms with Crippen LogP contribution in [0.3, 0.4) is 0 Å². The standard InChI is InChI=1S/C19H23NO/c1-3-15-4-6-16(7-5-15)13-19(21)12-14(2)17-8-10-18(20)11-9-17/h4-11,14H,3,12-13,20H2,1-2H3. The van der Waals surface area contributed by atoms with E-state index < -0.39 is 0 Å². The molecule has 21 heavy (non-hydrogen) atoms. The summed E-state index contributed by atoms with van der Waals surface area (Å²) in [5, 5.41) is 0. The molecule has 0 bridgehead atoms. The lowest BCUT2D eigenvalue weighted by Gasteiger charge is -2.11. The summed E-state index contributed by atoms with van der Waals surface area (Å²) in [5.74, 6) is 0.511. The Morgan fingerprint density at radius 2 is 1.57 bits per heavy atom. The number of nitrogens with two attached hydrogens (primary N) is 1. The van der Waals surface area contributed by atoms with Crippen LogP contribution in [0, 0.1) is 0 Å². The first-order valence-electron chi connectivity index (χ1n) is 7.53. The molecule has 2 N–H and O–H groups in total. The van der Waals surface area contributed by atoms with Gasteiger partial charge in [-0.05, 0) is 41.2 Å². The summed E-state index contributed by atoms with van der Waals surface area (Å²) in [4.78, 5) is 12.2. The average Bonchev–Trinajstić information content (AvgIpc) is 2.48. The highest BCUT2D eigenvalue weighted by Crippen LogP contribution is 2.21. The second-order valence-corrected chi connectivity index (χ2v) is 5.66. The van der Waals surface area contributed by atoms with Crippen LogP contribution in [0.2, 0.25) is 0 Å². The molecule has 2 nitrogen and oxygen atoms in total. The highest BCUT2D eigenvalue weighted by Gasteiger charge is 2.11. The van der Waals surface area contributed by atoms with Gasteiger partial charge in [0.1, 0.15) is 5.78 Å². The van der Waals surface area contributed by atoms with Crippen LogP contribution in [0.5, 0.6) is 0 Å². The molecule has 110 valence electrons. The van der Waals surface area contributed by atoms with E-state index in [-0.39, 0.29) is 11.7 Å². The summed E-state index contributed by atoms with van der Waals surface area (Å²) < 4.78 is 0. The van der Waals surface area contributed by atoms with Crippen molar-refractivity contribution in [2.24, 2.45) is 0 Å². The molecule has 1 atom stereocenters. The van der Waals surface area contributed by atoms with Crippen LogP contribution >= 0.6 is 0 Å². The summed E-state index contributed by atoms with van der Waals surface area (Å²) in [6, 6.07) is 16.1. The number of anilines is 1. The molecule has 0 aromatic heterocycles. The molecule has 0 saturated heterocycles. The van der Waals surface area contributed by atoms with E-state index in [0.717, 1.165) is 17.7 Å². The van der Waals surface area contributed by atoms with Gasteiger partial charge in [-0.15, -0.1) is 0 Å². The predicted octanol–water partition coefficient (Wildman–Crippen LogP) is 4.14. The van der Waals surface area contributed by atoms with Gasteiger partial charge in [0.25, 0.3) is 0 Å². The molecule has 0 fully saturated rings. The molecule has 0 saturated carbocycles. The van der Waals surface area contributed by atoms with Gasteiger partial charge in [-0.3, -0.25) is 4.79 Å². The maximum absolute atomic E-state index is 12.2. The van der Waals surface area contributed by atoms with Crippen LogP contribution in [0.1, 0.15) is 42.9 Å². The van der Waals surface area contributed by atoms with Crippen molar-refractivity contribution in [1.29, 1.82) is 0 Å². The van der Waals surface area contributed by atoms with Gasteiger partial charge in [0.2, 0.25) is 0 Å². The van der Waals surface area contributed by atoms with Crippen LogP contribution in [-0.4, -0.2) is 5.78 Å². The molecule has 2 aromatic rings. The SMILES string of the molecule is CCc1ccc(CC(=O)CC(C)c2ccc(N)cc2)cc1. The number of hydrogen-bond acceptors (Lipinski definition) is 2. The normalized spacial score (nSPS) is 12.1. The largest absolute Gasteiger partial charge is 0.399 e. The Morgan fingerprint density at radius 1 is 1.00 bits per heavy atom. The smallest absolute Gasteiger partial charge is 0.137 e. The summed E-state index contributed by atoms with van der Waals surface area (Å²) in [7, 11) is 0. The van der Waals surface area contributed by atoms with Gasteiger partial charge in [0, 0.05) is 18.5 Å². The number of benzene rings is 2. The third kappa shape index (κ3) is 4.45. The van der Waals surface area contributed by atoms with Crippen LogP contribution in [0.4, 0.5) is 5.69 Å². The van der Waals surface area contributed by atoms with E-state index in [4.69, 9.17) is 5.73 Å². The van der Waals surface area contributed by atoms with Crippen LogP contribution < -0.4 is 5.73 Å². The van der Waals surface area contributed by atoms with E-state index in [9.17, 15) is 4.79 Å². The summed E-state index contributed by atoms with van der Waals surface area (Å²) in [6.45, 7) is 4.22. The molecule has 0 amide bonds. The van der Waals surface area contributed by atoms with Crippen molar-refractivity contribution in [2.75, 3.05) is 5.73 Å². The molecule has 2 aromatic carbocycles. The van der Waals surface area contributed by atoms with Crippen molar-refractivity contribution in [3.8, 4) is 0 Å². The van der Waals surface area contributed by atoms with Crippen molar-refractivity contribution in [1.82, 2.24) is 0 Å². The zero-order chi connectivity index (χ0) is 15.2. The molecule has 2 heteroatoms. The third-order valence-electron chi connectivity index (χ3n) is 3.87. The Bertz CT molecular complexity index is 584. The number of aryl methyl sites for hydroxylation is 1. The molecule has 0 aliphatic carbocycles. The lowest BCUT2D eigenvalue weighted by atomic mass is 9.93. The van der Waals surface area contributed by atoms with E-state index in [2.05, 4.69) is 38.1 Å². The maximum Gasteiger partial charge on any atom is 0.137 e. The Labute approximate surface area is 127 Å². The molecule has 0 heterocycles. The third-order valence-corrected chi connectivity index (χ3v) is 3.87. The van der Waals surface area contributed by atoms with Crippen LogP contribution in [0.25, 0.3) is 0 Å². The number of nitrogen functional groups attached to an aromatic ring is 1. The van der Waals surface area contributed by atoms with Gasteiger partial charge >= 0.3 is 0 Å². The minimum atomic E-state index is 0.230. The predicted molar refractivity (Wildman–Crippen MR) is 88.4 cm³/mol. The number of ketones is 1. The lowest BCUT2D eigenvalue weighted by Crippen LogP contribution is -2.07. The quantitative estimate of drug-likeness (QED) is 0.809. The van der Waals surface area contributed by atoms with Crippen molar-refractivity contribution < 1.29 is 4.79 Å². The fraction of sp³-hybridized carbons (Fsp3) is 0.316. The molecule has 2 rings (SSSR count). The Hall–Kier alpha value is -2.09. The van der Waals surface area contributed by atoms with Crippen LogP contribution in [-0.2, 0) is 17.6 Å². The second-order valence-electron chi connectivity index (χ2n) is 5.66. The molecule has 0 aliphatic heterocycles.